The molecule has 2 aromatic rings. The number of nitrogens with zero attached hydrogens (tertiary/aromatic N) is 1. The van der Waals surface area contributed by atoms with Gasteiger partial charge in [0.2, 0.25) is 0 Å². The van der Waals surface area contributed by atoms with Crippen molar-refractivity contribution in [3.8, 4) is 0 Å². The van der Waals surface area contributed by atoms with Gasteiger partial charge in [0, 0.05) is 32.9 Å². The Morgan fingerprint density at radius 1 is 0.767 bits per heavy atom. The first kappa shape index (κ1) is 24.7. The van der Waals surface area contributed by atoms with Gasteiger partial charge >= 0.3 is 8.80 Å². The van der Waals surface area contributed by atoms with E-state index in [0.717, 1.165) is 24.5 Å². The van der Waals surface area contributed by atoms with Gasteiger partial charge in [0.1, 0.15) is 0 Å². The average Bonchev–Trinajstić information content (AvgIpc) is 2.76. The minimum absolute atomic E-state index is 0.0697. The molecule has 0 fully saturated rings. The molecular formula is C24H35NO3SSi. The van der Waals surface area contributed by atoms with E-state index in [-0.39, 0.29) is 5.54 Å². The lowest BCUT2D eigenvalue weighted by atomic mass is 10.1. The molecule has 0 aliphatic carbocycles. The van der Waals surface area contributed by atoms with Crippen LogP contribution in [0.25, 0.3) is 0 Å². The highest BCUT2D eigenvalue weighted by molar-refractivity contribution is 7.80. The van der Waals surface area contributed by atoms with Crippen molar-refractivity contribution in [3.63, 3.8) is 0 Å². The smallest absolute Gasteiger partial charge is 0.373 e. The first-order valence-corrected chi connectivity index (χ1v) is 13.1. The van der Waals surface area contributed by atoms with E-state index >= 15 is 0 Å². The zero-order valence-electron chi connectivity index (χ0n) is 18.7. The number of hydrogen-bond donors (Lipinski definition) is 0. The molecule has 0 saturated heterocycles. The van der Waals surface area contributed by atoms with E-state index in [2.05, 4.69) is 60.4 Å². The molecule has 2 rings (SSSR count). The first-order chi connectivity index (χ1) is 14.6. The zero-order valence-corrected chi connectivity index (χ0v) is 20.5. The van der Waals surface area contributed by atoms with Crippen LogP contribution < -0.4 is 0 Å². The minimum Gasteiger partial charge on any atom is -0.373 e. The third-order valence-corrected chi connectivity index (χ3v) is 9.27. The van der Waals surface area contributed by atoms with Crippen LogP contribution in [0, 0.1) is 0 Å². The fraction of sp³-hybridized carbons (Fsp3) is 0.458. The van der Waals surface area contributed by atoms with Crippen molar-refractivity contribution in [2.45, 2.75) is 52.7 Å². The van der Waals surface area contributed by atoms with E-state index < -0.39 is 8.80 Å². The van der Waals surface area contributed by atoms with Crippen LogP contribution in [0.3, 0.4) is 0 Å². The summed E-state index contributed by atoms with van der Waals surface area (Å²) < 4.78 is 18.6. The third kappa shape index (κ3) is 6.72. The molecule has 4 nitrogen and oxygen atoms in total. The van der Waals surface area contributed by atoms with Crippen molar-refractivity contribution >= 4 is 26.0 Å². The van der Waals surface area contributed by atoms with Gasteiger partial charge in [-0.2, -0.15) is 0 Å². The second kappa shape index (κ2) is 13.0. The Morgan fingerprint density at radius 2 is 1.17 bits per heavy atom. The molecule has 0 aliphatic rings. The lowest BCUT2D eigenvalue weighted by molar-refractivity contribution is 0.0655. The van der Waals surface area contributed by atoms with Crippen LogP contribution in [0.2, 0.25) is 5.54 Å². The molecule has 0 heterocycles. The van der Waals surface area contributed by atoms with Crippen molar-refractivity contribution in [2.24, 2.45) is 0 Å². The summed E-state index contributed by atoms with van der Waals surface area (Å²) in [5.74, 6) is 0. The van der Waals surface area contributed by atoms with Crippen molar-refractivity contribution < 1.29 is 13.3 Å². The molecule has 0 saturated carbocycles. The summed E-state index contributed by atoms with van der Waals surface area (Å²) in [6, 6.07) is 20.9. The Kier molecular flexibility index (Phi) is 10.7. The van der Waals surface area contributed by atoms with Gasteiger partial charge < -0.3 is 18.2 Å². The quantitative estimate of drug-likeness (QED) is 0.285. The molecule has 6 heteroatoms. The molecule has 0 radical (unpaired) electrons. The summed E-state index contributed by atoms with van der Waals surface area (Å²) in [5.41, 5.74) is 2.38. The van der Waals surface area contributed by atoms with E-state index in [9.17, 15) is 0 Å². The van der Waals surface area contributed by atoms with Gasteiger partial charge in [-0.1, -0.05) is 79.8 Å². The number of thiocarbonyl (C=S) groups is 1. The molecule has 0 N–H and O–H groups in total. The maximum Gasteiger partial charge on any atom is 0.511 e. The maximum absolute atomic E-state index is 6.22. The third-order valence-electron chi connectivity index (χ3n) is 4.91. The van der Waals surface area contributed by atoms with Crippen LogP contribution in [-0.4, -0.2) is 38.5 Å². The molecule has 0 aromatic heterocycles. The second-order valence-corrected chi connectivity index (χ2v) is 10.2. The van der Waals surface area contributed by atoms with E-state index in [1.165, 1.54) is 11.1 Å². The number of hydrogen-bond acceptors (Lipinski definition) is 4. The van der Waals surface area contributed by atoms with Gasteiger partial charge in [0.15, 0.2) is 0 Å². The Balaban J connectivity index is 2.38. The Bertz CT molecular complexity index is 686. The molecule has 30 heavy (non-hydrogen) atoms. The van der Waals surface area contributed by atoms with Crippen LogP contribution in [-0.2, 0) is 26.4 Å². The van der Waals surface area contributed by atoms with Crippen LogP contribution >= 0.6 is 12.2 Å². The second-order valence-electron chi connectivity index (χ2n) is 7.03. The molecule has 1 unspecified atom stereocenters. The predicted molar refractivity (Wildman–Crippen MR) is 129 cm³/mol. The summed E-state index contributed by atoms with van der Waals surface area (Å²) in [6.07, 6.45) is 0.811. The fourth-order valence-corrected chi connectivity index (χ4v) is 7.42. The highest BCUT2D eigenvalue weighted by atomic mass is 32.1. The minimum atomic E-state index is -2.97. The van der Waals surface area contributed by atoms with Crippen LogP contribution in [0.1, 0.15) is 45.2 Å². The Morgan fingerprint density at radius 3 is 1.50 bits per heavy atom. The highest BCUT2D eigenvalue weighted by Gasteiger charge is 2.51. The molecule has 2 aromatic carbocycles. The largest absolute Gasteiger partial charge is 0.511 e. The van der Waals surface area contributed by atoms with E-state index in [0.29, 0.717) is 19.8 Å². The summed E-state index contributed by atoms with van der Waals surface area (Å²) >= 11 is 6.11. The summed E-state index contributed by atoms with van der Waals surface area (Å²) in [6.45, 7) is 11.2. The average molecular weight is 446 g/mol. The molecule has 1 atom stereocenters. The van der Waals surface area contributed by atoms with Crippen molar-refractivity contribution in [3.05, 3.63) is 71.8 Å². The highest BCUT2D eigenvalue weighted by Crippen LogP contribution is 2.33. The summed E-state index contributed by atoms with van der Waals surface area (Å²) in [5, 5.41) is 0. The molecule has 164 valence electrons. The molecule has 0 amide bonds. The lowest BCUT2D eigenvalue weighted by Crippen LogP contribution is -2.54. The standard InChI is InChI=1S/C24H35NO3SSi/c1-5-23(30(26-6-2,27-7-3)28-8-4)24(29)25(19-21-15-11-9-12-16-21)20-22-17-13-10-14-18-22/h9-18,23H,5-8,19-20H2,1-4H3. The zero-order chi connectivity index (χ0) is 21.8. The van der Waals surface area contributed by atoms with Gasteiger partial charge in [-0.3, -0.25) is 0 Å². The van der Waals surface area contributed by atoms with E-state index in [4.69, 9.17) is 25.5 Å². The predicted octanol–water partition coefficient (Wildman–Crippen LogP) is 5.84. The van der Waals surface area contributed by atoms with Gasteiger partial charge in [-0.25, -0.2) is 0 Å². The topological polar surface area (TPSA) is 30.9 Å². The number of rotatable bonds is 13. The maximum atomic E-state index is 6.22. The SMILES string of the molecule is CCO[Si](OCC)(OCC)C(CC)C(=S)N(Cc1ccccc1)Cc1ccccc1. The van der Waals surface area contributed by atoms with Gasteiger partial charge in [0.25, 0.3) is 0 Å². The van der Waals surface area contributed by atoms with E-state index in [1.807, 2.05) is 32.9 Å². The van der Waals surface area contributed by atoms with Crippen LogP contribution in [0.4, 0.5) is 0 Å². The van der Waals surface area contributed by atoms with Crippen molar-refractivity contribution in [1.29, 1.82) is 0 Å². The van der Waals surface area contributed by atoms with Crippen molar-refractivity contribution in [1.82, 2.24) is 4.90 Å². The normalized spacial score (nSPS) is 12.5. The number of benzene rings is 2. The monoisotopic (exact) mass is 445 g/mol. The van der Waals surface area contributed by atoms with Crippen LogP contribution in [0.15, 0.2) is 60.7 Å². The molecule has 0 spiro atoms. The van der Waals surface area contributed by atoms with Gasteiger partial charge in [0.05, 0.1) is 10.5 Å². The van der Waals surface area contributed by atoms with Crippen LogP contribution in [0.5, 0.6) is 0 Å². The fourth-order valence-electron chi connectivity index (χ4n) is 3.65. The molecular weight excluding hydrogens is 410 g/mol. The van der Waals surface area contributed by atoms with Gasteiger partial charge in [-0.15, -0.1) is 0 Å². The Hall–Kier alpha value is -1.57. The van der Waals surface area contributed by atoms with E-state index in [1.54, 1.807) is 0 Å². The summed E-state index contributed by atoms with van der Waals surface area (Å²) in [4.78, 5) is 3.12. The molecule has 0 bridgehead atoms. The van der Waals surface area contributed by atoms with Crippen molar-refractivity contribution in [2.75, 3.05) is 19.8 Å². The molecule has 0 aliphatic heterocycles. The Labute approximate surface area is 188 Å². The first-order valence-electron chi connectivity index (χ1n) is 10.9. The van der Waals surface area contributed by atoms with Gasteiger partial charge in [-0.05, 0) is 38.3 Å². The summed E-state index contributed by atoms with van der Waals surface area (Å²) in [7, 11) is -2.97. The lowest BCUT2D eigenvalue weighted by Gasteiger charge is -2.38.